The summed E-state index contributed by atoms with van der Waals surface area (Å²) in [6.45, 7) is 0. The van der Waals surface area contributed by atoms with E-state index in [0.717, 1.165) is 0 Å². The van der Waals surface area contributed by atoms with E-state index in [1.807, 2.05) is 0 Å². The largest absolute Gasteiger partial charge is 0.0737 e. The number of rotatable bonds is 3. The molecule has 12 aromatic carbocycles. The molecule has 0 amide bonds. The van der Waals surface area contributed by atoms with Crippen LogP contribution in [0.5, 0.6) is 0 Å². The normalized spacial score (nSPS) is 13.2. The first-order valence-corrected chi connectivity index (χ1v) is 22.1. The topological polar surface area (TPSA) is 0 Å². The Bertz CT molecular complexity index is 3820. The van der Waals surface area contributed by atoms with E-state index >= 15 is 0 Å². The minimum atomic E-state index is -0.444. The van der Waals surface area contributed by atoms with Gasteiger partial charge in [-0.1, -0.05) is 212 Å². The van der Waals surface area contributed by atoms with Crippen LogP contribution >= 0.6 is 0 Å². The van der Waals surface area contributed by atoms with E-state index in [2.05, 4.69) is 231 Å². The first kappa shape index (κ1) is 34.6. The van der Waals surface area contributed by atoms with Crippen LogP contribution in [0.2, 0.25) is 0 Å². The van der Waals surface area contributed by atoms with Crippen molar-refractivity contribution < 1.29 is 0 Å². The Labute approximate surface area is 366 Å². The third-order valence-corrected chi connectivity index (χ3v) is 14.4. The number of hydrogen-bond donors (Lipinski definition) is 0. The third-order valence-electron chi connectivity index (χ3n) is 14.4. The molecule has 0 atom stereocenters. The number of fused-ring (bicyclic) bond motifs is 17. The van der Waals surface area contributed by atoms with Gasteiger partial charge in [0.25, 0.3) is 0 Å². The molecule has 0 aromatic heterocycles. The van der Waals surface area contributed by atoms with E-state index in [9.17, 15) is 0 Å². The zero-order valence-electron chi connectivity index (χ0n) is 34.4. The second kappa shape index (κ2) is 13.0. The minimum absolute atomic E-state index is 0.444. The van der Waals surface area contributed by atoms with Crippen LogP contribution in [-0.4, -0.2) is 0 Å². The van der Waals surface area contributed by atoms with Crippen molar-refractivity contribution in [2.75, 3.05) is 0 Å². The SMILES string of the molecule is c1cc(-c2ccc3c4c(ccc3c2)-c2ccc3ccccc3c2C42c3ccccc3-c3ccccc32)cc(-c2c3ccccc3c(-c3ccc4ccccc4c3)c3ccccc23)c1. The Balaban J connectivity index is 0.971. The maximum Gasteiger partial charge on any atom is 0.0737 e. The van der Waals surface area contributed by atoms with Crippen LogP contribution in [-0.2, 0) is 5.41 Å². The highest BCUT2D eigenvalue weighted by molar-refractivity contribution is 6.22. The van der Waals surface area contributed by atoms with Gasteiger partial charge in [-0.2, -0.15) is 0 Å². The molecule has 14 rings (SSSR count). The zero-order chi connectivity index (χ0) is 41.2. The van der Waals surface area contributed by atoms with E-state index in [1.165, 1.54) is 132 Å². The molecule has 0 fully saturated rings. The van der Waals surface area contributed by atoms with Crippen LogP contribution in [0.15, 0.2) is 231 Å². The molecule has 0 aliphatic heterocycles. The molecule has 0 radical (unpaired) electrons. The second-order valence-electron chi connectivity index (χ2n) is 17.5. The van der Waals surface area contributed by atoms with E-state index in [-0.39, 0.29) is 0 Å². The Morgan fingerprint density at radius 2 is 0.651 bits per heavy atom. The van der Waals surface area contributed by atoms with Crippen molar-refractivity contribution >= 4 is 53.9 Å². The van der Waals surface area contributed by atoms with Crippen molar-refractivity contribution in [2.24, 2.45) is 0 Å². The van der Waals surface area contributed by atoms with Gasteiger partial charge in [-0.3, -0.25) is 0 Å². The van der Waals surface area contributed by atoms with Gasteiger partial charge >= 0.3 is 0 Å². The van der Waals surface area contributed by atoms with Crippen LogP contribution in [0.3, 0.4) is 0 Å². The van der Waals surface area contributed by atoms with Crippen molar-refractivity contribution in [3.63, 3.8) is 0 Å². The molecule has 0 heterocycles. The average Bonchev–Trinajstić information content (AvgIpc) is 3.83. The highest BCUT2D eigenvalue weighted by Crippen LogP contribution is 2.65. The lowest BCUT2D eigenvalue weighted by Gasteiger charge is -2.32. The summed E-state index contributed by atoms with van der Waals surface area (Å²) in [5.74, 6) is 0. The molecule has 2 aliphatic carbocycles. The fraction of sp³-hybridized carbons (Fsp3) is 0.0159. The van der Waals surface area contributed by atoms with Crippen molar-refractivity contribution in [2.45, 2.75) is 5.41 Å². The van der Waals surface area contributed by atoms with Crippen LogP contribution in [0, 0.1) is 0 Å². The van der Waals surface area contributed by atoms with Gasteiger partial charge in [0.05, 0.1) is 5.41 Å². The summed E-state index contributed by atoms with van der Waals surface area (Å²) in [6.07, 6.45) is 0. The molecule has 0 N–H and O–H groups in total. The van der Waals surface area contributed by atoms with Gasteiger partial charge in [0.15, 0.2) is 0 Å². The maximum atomic E-state index is 2.43. The first-order valence-electron chi connectivity index (χ1n) is 22.1. The molecule has 290 valence electrons. The zero-order valence-corrected chi connectivity index (χ0v) is 34.4. The average molecular weight is 795 g/mol. The molecule has 0 unspecified atom stereocenters. The summed E-state index contributed by atoms with van der Waals surface area (Å²) in [5, 5.41) is 12.7. The molecule has 63 heavy (non-hydrogen) atoms. The lowest BCUT2D eigenvalue weighted by molar-refractivity contribution is 0.809. The van der Waals surface area contributed by atoms with Crippen LogP contribution < -0.4 is 0 Å². The number of benzene rings is 12. The quantitative estimate of drug-likeness (QED) is 0.156. The van der Waals surface area contributed by atoms with Gasteiger partial charge in [-0.25, -0.2) is 0 Å². The minimum Gasteiger partial charge on any atom is -0.0619 e. The molecule has 1 spiro atoms. The molecule has 0 heteroatoms. The molecule has 12 aromatic rings. The van der Waals surface area contributed by atoms with Crippen molar-refractivity contribution in [1.82, 2.24) is 0 Å². The van der Waals surface area contributed by atoms with Gasteiger partial charge in [-0.05, 0) is 150 Å². The van der Waals surface area contributed by atoms with Gasteiger partial charge in [0, 0.05) is 0 Å². The summed E-state index contributed by atoms with van der Waals surface area (Å²) in [4.78, 5) is 0. The molecule has 0 bridgehead atoms. The van der Waals surface area contributed by atoms with Crippen molar-refractivity contribution in [3.8, 4) is 55.6 Å². The fourth-order valence-electron chi connectivity index (χ4n) is 11.9. The van der Waals surface area contributed by atoms with Crippen molar-refractivity contribution in [1.29, 1.82) is 0 Å². The standard InChI is InChI=1S/C63H38/c1-2-16-41-37-46(29-28-39(41)14-1)60-53-24-7-5-22-51(53)59(52-23-6-8-25-54(52)60)45-18-13-17-42(38-45)43-31-33-48-44(36-43)32-35-56-55-34-30-40-15-3-4-19-47(40)61(55)63(62(48)56)57-26-11-9-20-49(57)50-21-10-12-27-58(50)63/h1-38H. The highest BCUT2D eigenvalue weighted by Gasteiger charge is 2.53. The van der Waals surface area contributed by atoms with Crippen LogP contribution in [0.1, 0.15) is 22.3 Å². The summed E-state index contributed by atoms with van der Waals surface area (Å²) in [6, 6.07) is 86.6. The van der Waals surface area contributed by atoms with Crippen LogP contribution in [0.25, 0.3) is 109 Å². The smallest absolute Gasteiger partial charge is 0.0619 e. The van der Waals surface area contributed by atoms with Gasteiger partial charge in [-0.15, -0.1) is 0 Å². The summed E-state index contributed by atoms with van der Waals surface area (Å²) in [7, 11) is 0. The second-order valence-corrected chi connectivity index (χ2v) is 17.5. The van der Waals surface area contributed by atoms with E-state index in [0.29, 0.717) is 0 Å². The fourth-order valence-corrected chi connectivity index (χ4v) is 11.9. The van der Waals surface area contributed by atoms with E-state index in [1.54, 1.807) is 0 Å². The predicted octanol–water partition coefficient (Wildman–Crippen LogP) is 16.8. The van der Waals surface area contributed by atoms with E-state index in [4.69, 9.17) is 0 Å². The molecule has 0 saturated heterocycles. The molecule has 0 nitrogen and oxygen atoms in total. The van der Waals surface area contributed by atoms with Gasteiger partial charge in [0.2, 0.25) is 0 Å². The molecule has 2 aliphatic rings. The monoisotopic (exact) mass is 794 g/mol. The Morgan fingerprint density at radius 1 is 0.222 bits per heavy atom. The Hall–Kier alpha value is -8.06. The molecular formula is C63H38. The Morgan fingerprint density at radius 3 is 1.30 bits per heavy atom. The summed E-state index contributed by atoms with van der Waals surface area (Å²) < 4.78 is 0. The summed E-state index contributed by atoms with van der Waals surface area (Å²) >= 11 is 0. The maximum absolute atomic E-state index is 2.43. The van der Waals surface area contributed by atoms with Crippen molar-refractivity contribution in [3.05, 3.63) is 253 Å². The lowest BCUT2D eigenvalue weighted by Crippen LogP contribution is -2.26. The Kier molecular flexibility index (Phi) is 7.13. The van der Waals surface area contributed by atoms with E-state index < -0.39 is 5.41 Å². The summed E-state index contributed by atoms with van der Waals surface area (Å²) in [5.41, 5.74) is 17.9. The van der Waals surface area contributed by atoms with Crippen LogP contribution in [0.4, 0.5) is 0 Å². The van der Waals surface area contributed by atoms with Gasteiger partial charge in [0.1, 0.15) is 0 Å². The number of hydrogen-bond acceptors (Lipinski definition) is 0. The first-order chi connectivity index (χ1) is 31.3. The van der Waals surface area contributed by atoms with Gasteiger partial charge < -0.3 is 0 Å². The highest BCUT2D eigenvalue weighted by atomic mass is 14.5. The molecule has 0 saturated carbocycles. The third kappa shape index (κ3) is 4.70. The predicted molar refractivity (Wildman–Crippen MR) is 267 cm³/mol. The molecular weight excluding hydrogens is 757 g/mol. The lowest BCUT2D eigenvalue weighted by atomic mass is 9.68.